The zero-order chi connectivity index (χ0) is 11.3. The van der Waals surface area contributed by atoms with Crippen LogP contribution in [0.5, 0.6) is 0 Å². The van der Waals surface area contributed by atoms with Crippen molar-refractivity contribution < 1.29 is 9.90 Å². The highest BCUT2D eigenvalue weighted by Gasteiger charge is 1.99. The Morgan fingerprint density at radius 3 is 2.87 bits per heavy atom. The molecule has 0 aliphatic rings. The molecule has 4 heteroatoms. The Balaban J connectivity index is 2.38. The van der Waals surface area contributed by atoms with Gasteiger partial charge in [0, 0.05) is 18.1 Å². The van der Waals surface area contributed by atoms with Gasteiger partial charge >= 0.3 is 5.97 Å². The second kappa shape index (κ2) is 5.73. The quantitative estimate of drug-likeness (QED) is 0.759. The fraction of sp³-hybridized carbons (Fsp3) is 0.364. The Morgan fingerprint density at radius 1 is 1.53 bits per heavy atom. The van der Waals surface area contributed by atoms with E-state index in [0.29, 0.717) is 13.1 Å². The van der Waals surface area contributed by atoms with Gasteiger partial charge in [0.25, 0.3) is 0 Å². The lowest BCUT2D eigenvalue weighted by Gasteiger charge is -2.05. The van der Waals surface area contributed by atoms with E-state index in [2.05, 4.69) is 5.32 Å². The molecule has 0 amide bonds. The summed E-state index contributed by atoms with van der Waals surface area (Å²) < 4.78 is 0. The van der Waals surface area contributed by atoms with E-state index in [4.69, 9.17) is 16.7 Å². The van der Waals surface area contributed by atoms with Gasteiger partial charge < -0.3 is 10.4 Å². The lowest BCUT2D eigenvalue weighted by Crippen LogP contribution is -2.17. The summed E-state index contributed by atoms with van der Waals surface area (Å²) in [5.41, 5.74) is 2.11. The number of carboxylic acids is 1. The molecule has 0 saturated heterocycles. The minimum atomic E-state index is -0.788. The van der Waals surface area contributed by atoms with Gasteiger partial charge in [0.1, 0.15) is 0 Å². The van der Waals surface area contributed by atoms with Crippen molar-refractivity contribution in [1.29, 1.82) is 0 Å². The van der Waals surface area contributed by atoms with Crippen LogP contribution in [0.15, 0.2) is 18.2 Å². The maximum absolute atomic E-state index is 10.2. The van der Waals surface area contributed by atoms with Crippen LogP contribution in [-0.4, -0.2) is 17.6 Å². The molecule has 1 aromatic carbocycles. The van der Waals surface area contributed by atoms with Crippen LogP contribution in [-0.2, 0) is 11.3 Å². The predicted molar refractivity (Wildman–Crippen MR) is 60.1 cm³/mol. The molecule has 0 aliphatic carbocycles. The van der Waals surface area contributed by atoms with Crippen LogP contribution >= 0.6 is 11.6 Å². The van der Waals surface area contributed by atoms with Gasteiger partial charge in [-0.3, -0.25) is 4.79 Å². The number of aryl methyl sites for hydroxylation is 1. The lowest BCUT2D eigenvalue weighted by atomic mass is 10.1. The Hall–Kier alpha value is -1.06. The fourth-order valence-electron chi connectivity index (χ4n) is 1.17. The van der Waals surface area contributed by atoms with Crippen LogP contribution in [0.4, 0.5) is 0 Å². The summed E-state index contributed by atoms with van der Waals surface area (Å²) in [6.07, 6.45) is 0.138. The Bertz CT molecular complexity index is 352. The summed E-state index contributed by atoms with van der Waals surface area (Å²) in [6, 6.07) is 5.83. The minimum Gasteiger partial charge on any atom is -0.481 e. The van der Waals surface area contributed by atoms with Crippen molar-refractivity contribution in [1.82, 2.24) is 5.32 Å². The molecule has 0 heterocycles. The molecule has 0 aliphatic heterocycles. The van der Waals surface area contributed by atoms with Gasteiger partial charge in [-0.2, -0.15) is 0 Å². The summed E-state index contributed by atoms with van der Waals surface area (Å²) in [5, 5.41) is 12.2. The standard InChI is InChI=1S/C11H14ClNO2/c1-8-2-3-9(6-10(8)12)7-13-5-4-11(14)15/h2-3,6,13H,4-5,7H2,1H3,(H,14,15). The Labute approximate surface area is 94.1 Å². The maximum atomic E-state index is 10.2. The molecule has 0 aromatic heterocycles. The highest BCUT2D eigenvalue weighted by molar-refractivity contribution is 6.31. The first kappa shape index (κ1) is 12.0. The fourth-order valence-corrected chi connectivity index (χ4v) is 1.38. The van der Waals surface area contributed by atoms with Gasteiger partial charge in [0.15, 0.2) is 0 Å². The highest BCUT2D eigenvalue weighted by Crippen LogP contribution is 2.16. The van der Waals surface area contributed by atoms with E-state index < -0.39 is 5.97 Å². The zero-order valence-corrected chi connectivity index (χ0v) is 9.34. The van der Waals surface area contributed by atoms with E-state index in [9.17, 15) is 4.79 Å². The molecule has 0 fully saturated rings. The SMILES string of the molecule is Cc1ccc(CNCCC(=O)O)cc1Cl. The van der Waals surface area contributed by atoms with Crippen molar-refractivity contribution in [2.75, 3.05) is 6.54 Å². The summed E-state index contributed by atoms with van der Waals surface area (Å²) in [4.78, 5) is 10.2. The van der Waals surface area contributed by atoms with Crippen molar-refractivity contribution in [3.05, 3.63) is 34.3 Å². The van der Waals surface area contributed by atoms with Gasteiger partial charge in [0.05, 0.1) is 6.42 Å². The molecule has 1 aromatic rings. The number of hydrogen-bond acceptors (Lipinski definition) is 2. The first-order valence-corrected chi connectivity index (χ1v) is 5.15. The molecule has 0 bridgehead atoms. The van der Waals surface area contributed by atoms with Gasteiger partial charge in [-0.05, 0) is 24.1 Å². The third-order valence-electron chi connectivity index (χ3n) is 2.08. The number of rotatable bonds is 5. The number of halogens is 1. The molecule has 1 rings (SSSR count). The first-order valence-electron chi connectivity index (χ1n) is 4.77. The first-order chi connectivity index (χ1) is 7.09. The predicted octanol–water partition coefficient (Wildman–Crippen LogP) is 2.21. The van der Waals surface area contributed by atoms with E-state index in [1.54, 1.807) is 0 Å². The number of nitrogens with one attached hydrogen (secondary N) is 1. The van der Waals surface area contributed by atoms with Crippen LogP contribution in [0.2, 0.25) is 5.02 Å². The second-order valence-corrected chi connectivity index (χ2v) is 3.81. The van der Waals surface area contributed by atoms with Gasteiger partial charge in [-0.25, -0.2) is 0 Å². The smallest absolute Gasteiger partial charge is 0.304 e. The average Bonchev–Trinajstić information content (AvgIpc) is 2.18. The third kappa shape index (κ3) is 4.32. The third-order valence-corrected chi connectivity index (χ3v) is 2.49. The monoisotopic (exact) mass is 227 g/mol. The Kier molecular flexibility index (Phi) is 4.59. The normalized spacial score (nSPS) is 10.3. The van der Waals surface area contributed by atoms with E-state index in [-0.39, 0.29) is 6.42 Å². The van der Waals surface area contributed by atoms with Crippen molar-refractivity contribution in [2.24, 2.45) is 0 Å². The van der Waals surface area contributed by atoms with E-state index in [1.165, 1.54) is 0 Å². The number of carbonyl (C=O) groups is 1. The molecular formula is C11H14ClNO2. The van der Waals surface area contributed by atoms with Crippen molar-refractivity contribution >= 4 is 17.6 Å². The van der Waals surface area contributed by atoms with Gasteiger partial charge in [0.2, 0.25) is 0 Å². The average molecular weight is 228 g/mol. The van der Waals surface area contributed by atoms with Crippen LogP contribution in [0.3, 0.4) is 0 Å². The van der Waals surface area contributed by atoms with E-state index in [0.717, 1.165) is 16.1 Å². The maximum Gasteiger partial charge on any atom is 0.304 e. The van der Waals surface area contributed by atoms with Crippen LogP contribution in [0, 0.1) is 6.92 Å². The molecule has 0 spiro atoms. The summed E-state index contributed by atoms with van der Waals surface area (Å²) in [5.74, 6) is -0.788. The molecular weight excluding hydrogens is 214 g/mol. The van der Waals surface area contributed by atoms with Crippen LogP contribution in [0.25, 0.3) is 0 Å². The molecule has 82 valence electrons. The number of hydrogen-bond donors (Lipinski definition) is 2. The molecule has 15 heavy (non-hydrogen) atoms. The molecule has 0 unspecified atom stereocenters. The van der Waals surface area contributed by atoms with Gasteiger partial charge in [-0.15, -0.1) is 0 Å². The molecule has 0 radical (unpaired) electrons. The Morgan fingerprint density at radius 2 is 2.27 bits per heavy atom. The van der Waals surface area contributed by atoms with Crippen molar-refractivity contribution in [3.63, 3.8) is 0 Å². The van der Waals surface area contributed by atoms with Crippen LogP contribution < -0.4 is 5.32 Å². The van der Waals surface area contributed by atoms with Crippen molar-refractivity contribution in [3.8, 4) is 0 Å². The van der Waals surface area contributed by atoms with Gasteiger partial charge in [-0.1, -0.05) is 23.7 Å². The number of benzene rings is 1. The summed E-state index contributed by atoms with van der Waals surface area (Å²) in [7, 11) is 0. The lowest BCUT2D eigenvalue weighted by molar-refractivity contribution is -0.136. The summed E-state index contributed by atoms with van der Waals surface area (Å²) >= 11 is 5.96. The topological polar surface area (TPSA) is 49.3 Å². The van der Waals surface area contributed by atoms with Crippen LogP contribution in [0.1, 0.15) is 17.5 Å². The zero-order valence-electron chi connectivity index (χ0n) is 8.59. The highest BCUT2D eigenvalue weighted by atomic mass is 35.5. The summed E-state index contributed by atoms with van der Waals surface area (Å²) in [6.45, 7) is 3.07. The minimum absolute atomic E-state index is 0.138. The molecule has 0 saturated carbocycles. The molecule has 0 atom stereocenters. The largest absolute Gasteiger partial charge is 0.481 e. The number of aliphatic carboxylic acids is 1. The van der Waals surface area contributed by atoms with Crippen molar-refractivity contribution in [2.45, 2.75) is 19.9 Å². The number of carboxylic acid groups (broad SMARTS) is 1. The molecule has 3 nitrogen and oxygen atoms in total. The van der Waals surface area contributed by atoms with E-state index >= 15 is 0 Å². The van der Waals surface area contributed by atoms with E-state index in [1.807, 2.05) is 25.1 Å². The second-order valence-electron chi connectivity index (χ2n) is 3.40. The molecule has 2 N–H and O–H groups in total.